The number of hydrogen-bond donors (Lipinski definition) is 3. The molecular weight excluding hydrogens is 515 g/mol. The van der Waals surface area contributed by atoms with Crippen molar-refractivity contribution >= 4 is 51.3 Å². The summed E-state index contributed by atoms with van der Waals surface area (Å²) in [6, 6.07) is 5.43. The normalized spacial score (nSPS) is 28.4. The molecule has 0 unspecified atom stereocenters. The number of aliphatic hydroxyl groups is 1. The molecule has 198 valence electrons. The number of anilines is 2. The summed E-state index contributed by atoms with van der Waals surface area (Å²) in [5, 5.41) is 16.9. The molecule has 2 aliphatic rings. The number of halogens is 2. The number of rotatable bonds is 7. The number of carbonyl (C=O) groups is 1. The molecule has 1 aromatic heterocycles. The number of hydrogen-bond acceptors (Lipinski definition) is 5. The maximum Gasteiger partial charge on any atom is 0.225 e. The number of aliphatic hydroxyl groups excluding tert-OH is 1. The zero-order valence-electron chi connectivity index (χ0n) is 22.1. The molecule has 0 saturated heterocycles. The van der Waals surface area contributed by atoms with Gasteiger partial charge in [0.2, 0.25) is 5.91 Å². The lowest BCUT2D eigenvalue weighted by atomic mass is 9.53. The highest BCUT2D eigenvalue weighted by Gasteiger charge is 2.54. The first-order chi connectivity index (χ1) is 16.9. The predicted molar refractivity (Wildman–Crippen MR) is 149 cm³/mol. The molecule has 0 bridgehead atoms. The minimum atomic E-state index is -0.546. The Morgan fingerprint density at radius 1 is 1.36 bits per heavy atom. The first-order valence-electron chi connectivity index (χ1n) is 12.9. The molecule has 1 aromatic carbocycles. The van der Waals surface area contributed by atoms with Crippen molar-refractivity contribution in [2.45, 2.75) is 52.1 Å². The highest BCUT2D eigenvalue weighted by molar-refractivity contribution is 7.15. The van der Waals surface area contributed by atoms with Gasteiger partial charge in [0.25, 0.3) is 0 Å². The van der Waals surface area contributed by atoms with Crippen LogP contribution in [0.15, 0.2) is 18.2 Å². The van der Waals surface area contributed by atoms with Crippen LogP contribution >= 0.6 is 34.5 Å². The van der Waals surface area contributed by atoms with Gasteiger partial charge in [-0.3, -0.25) is 4.79 Å². The van der Waals surface area contributed by atoms with E-state index in [1.54, 1.807) is 23.5 Å². The molecule has 0 spiro atoms. The highest BCUT2D eigenvalue weighted by Crippen LogP contribution is 2.57. The third kappa shape index (κ3) is 5.28. The van der Waals surface area contributed by atoms with Crippen LogP contribution in [0.1, 0.15) is 50.1 Å². The van der Waals surface area contributed by atoms with Crippen LogP contribution in [0.25, 0.3) is 0 Å². The third-order valence-corrected chi connectivity index (χ3v) is 10.1. The number of quaternary nitrogens is 1. The van der Waals surface area contributed by atoms with Gasteiger partial charge in [0, 0.05) is 23.8 Å². The standard InChI is InChI=1S/C27H38Cl2N4O2S/c1-15(25(35)33(6)13-12-32(4)5)17-10-11-27(3)14-20-22(16(2)21(27)24(17)34)30-26(36-20)31-23-18(28)8-7-9-19(23)29/h7-9,15-17,21,24,34H,10-14H2,1-6H3,(H,30,31)/p+1/t15-,16-,17+,21+,24-,27-/m0/s1. The van der Waals surface area contributed by atoms with E-state index in [1.165, 1.54) is 9.78 Å². The van der Waals surface area contributed by atoms with Crippen LogP contribution in [-0.2, 0) is 11.2 Å². The molecule has 1 heterocycles. The summed E-state index contributed by atoms with van der Waals surface area (Å²) < 4.78 is 0. The topological polar surface area (TPSA) is 69.9 Å². The lowest BCUT2D eigenvalue weighted by Crippen LogP contribution is -3.06. The first kappa shape index (κ1) is 27.6. The van der Waals surface area contributed by atoms with E-state index in [9.17, 15) is 9.90 Å². The molecule has 1 fully saturated rings. The Bertz CT molecular complexity index is 1090. The van der Waals surface area contributed by atoms with Crippen LogP contribution in [0.5, 0.6) is 0 Å². The third-order valence-electron chi connectivity index (χ3n) is 8.47. The Morgan fingerprint density at radius 2 is 2.03 bits per heavy atom. The number of carbonyl (C=O) groups excluding carboxylic acids is 1. The molecule has 2 aliphatic carbocycles. The Kier molecular flexibility index (Phi) is 8.28. The van der Waals surface area contributed by atoms with Crippen LogP contribution in [0, 0.1) is 23.2 Å². The molecule has 36 heavy (non-hydrogen) atoms. The zero-order chi connectivity index (χ0) is 26.4. The Hall–Kier alpha value is -1.38. The van der Waals surface area contributed by atoms with E-state index in [4.69, 9.17) is 28.2 Å². The van der Waals surface area contributed by atoms with Gasteiger partial charge in [-0.05, 0) is 48.6 Å². The Balaban J connectivity index is 1.54. The van der Waals surface area contributed by atoms with Crippen LogP contribution < -0.4 is 10.2 Å². The summed E-state index contributed by atoms with van der Waals surface area (Å²) in [7, 11) is 6.06. The maximum absolute atomic E-state index is 13.2. The number of aromatic nitrogens is 1. The minimum absolute atomic E-state index is 0.0306. The van der Waals surface area contributed by atoms with Crippen molar-refractivity contribution in [3.05, 3.63) is 38.8 Å². The zero-order valence-corrected chi connectivity index (χ0v) is 24.4. The number of amides is 1. The van der Waals surface area contributed by atoms with E-state index in [0.717, 1.165) is 43.2 Å². The summed E-state index contributed by atoms with van der Waals surface area (Å²) in [5.74, 6) is 0.00357. The van der Waals surface area contributed by atoms with Crippen LogP contribution in [-0.4, -0.2) is 61.2 Å². The lowest BCUT2D eigenvalue weighted by molar-refractivity contribution is -0.857. The van der Waals surface area contributed by atoms with Gasteiger partial charge in [0.1, 0.15) is 0 Å². The van der Waals surface area contributed by atoms with E-state index < -0.39 is 6.10 Å². The van der Waals surface area contributed by atoms with Crippen LogP contribution in [0.4, 0.5) is 10.8 Å². The van der Waals surface area contributed by atoms with Crippen molar-refractivity contribution in [3.63, 3.8) is 0 Å². The minimum Gasteiger partial charge on any atom is -0.392 e. The quantitative estimate of drug-likeness (QED) is 0.472. The molecule has 9 heteroatoms. The summed E-state index contributed by atoms with van der Waals surface area (Å²) in [6.07, 6.45) is 2.18. The Labute approximate surface area is 229 Å². The average Bonchev–Trinajstić information content (AvgIpc) is 3.21. The second kappa shape index (κ2) is 10.8. The smallest absolute Gasteiger partial charge is 0.225 e. The Morgan fingerprint density at radius 3 is 2.67 bits per heavy atom. The van der Waals surface area contributed by atoms with E-state index in [1.807, 2.05) is 24.9 Å². The van der Waals surface area contributed by atoms with Gasteiger partial charge in [-0.1, -0.05) is 50.0 Å². The van der Waals surface area contributed by atoms with E-state index in [0.29, 0.717) is 15.7 Å². The molecule has 4 rings (SSSR count). The molecule has 6 nitrogen and oxygen atoms in total. The van der Waals surface area contributed by atoms with Crippen molar-refractivity contribution in [2.75, 3.05) is 39.5 Å². The first-order valence-corrected chi connectivity index (χ1v) is 14.4. The van der Waals surface area contributed by atoms with E-state index in [2.05, 4.69) is 33.3 Å². The number of thiazole rings is 1. The number of para-hydroxylation sites is 1. The fraction of sp³-hybridized carbons (Fsp3) is 0.630. The molecule has 3 N–H and O–H groups in total. The van der Waals surface area contributed by atoms with Crippen molar-refractivity contribution < 1.29 is 14.8 Å². The van der Waals surface area contributed by atoms with Crippen molar-refractivity contribution in [1.29, 1.82) is 0 Å². The van der Waals surface area contributed by atoms with E-state index >= 15 is 0 Å². The summed E-state index contributed by atoms with van der Waals surface area (Å²) in [6.45, 7) is 8.10. The number of benzene rings is 1. The summed E-state index contributed by atoms with van der Waals surface area (Å²) in [4.78, 5) is 22.6. The monoisotopic (exact) mass is 553 g/mol. The highest BCUT2D eigenvalue weighted by atomic mass is 35.5. The van der Waals surface area contributed by atoms with Crippen molar-refractivity contribution in [1.82, 2.24) is 9.88 Å². The average molecular weight is 555 g/mol. The van der Waals surface area contributed by atoms with Gasteiger partial charge in [-0.15, -0.1) is 11.3 Å². The van der Waals surface area contributed by atoms with E-state index in [-0.39, 0.29) is 35.0 Å². The molecule has 0 aliphatic heterocycles. The van der Waals surface area contributed by atoms with Gasteiger partial charge in [0.15, 0.2) is 5.13 Å². The van der Waals surface area contributed by atoms with Gasteiger partial charge < -0.3 is 20.2 Å². The second-order valence-electron chi connectivity index (χ2n) is 11.4. The fourth-order valence-electron chi connectivity index (χ4n) is 6.36. The molecule has 6 atom stereocenters. The molecule has 2 aromatic rings. The fourth-order valence-corrected chi connectivity index (χ4v) is 8.12. The van der Waals surface area contributed by atoms with Crippen molar-refractivity contribution in [3.8, 4) is 0 Å². The SMILES string of the molecule is C[C@H](C(=O)N(C)CC[NH+](C)C)[C@H]1CC[C@@]2(C)Cc3sc(Nc4c(Cl)cccc4Cl)nc3[C@@H](C)[C@@H]2[C@H]1O. The largest absolute Gasteiger partial charge is 0.392 e. The van der Waals surface area contributed by atoms with Gasteiger partial charge in [-0.25, -0.2) is 4.98 Å². The molecular formula is C27H39Cl2N4O2S+. The number of fused-ring (bicyclic) bond motifs is 2. The van der Waals surface area contributed by atoms with Gasteiger partial charge in [0.05, 0.1) is 54.7 Å². The predicted octanol–water partition coefficient (Wildman–Crippen LogP) is 4.49. The molecule has 0 radical (unpaired) electrons. The molecule has 1 amide bonds. The van der Waals surface area contributed by atoms with Crippen molar-refractivity contribution in [2.24, 2.45) is 23.2 Å². The number of likely N-dealkylation sites (N-methyl/N-ethyl adjacent to an activating group) is 2. The van der Waals surface area contributed by atoms with Crippen LogP contribution in [0.3, 0.4) is 0 Å². The number of nitrogens with one attached hydrogen (secondary N) is 2. The number of nitrogens with zero attached hydrogens (tertiary/aromatic N) is 2. The summed E-state index contributed by atoms with van der Waals surface area (Å²) >= 11 is 14.4. The van der Waals surface area contributed by atoms with Crippen LogP contribution in [0.2, 0.25) is 10.0 Å². The van der Waals surface area contributed by atoms with Gasteiger partial charge >= 0.3 is 0 Å². The second-order valence-corrected chi connectivity index (χ2v) is 13.3. The maximum atomic E-state index is 13.2. The van der Waals surface area contributed by atoms with Gasteiger partial charge in [-0.2, -0.15) is 0 Å². The summed E-state index contributed by atoms with van der Waals surface area (Å²) in [5.41, 5.74) is 1.67. The lowest BCUT2D eigenvalue weighted by Gasteiger charge is -2.53. The molecule has 1 saturated carbocycles.